The zero-order valence-electron chi connectivity index (χ0n) is 10.7. The largest absolute Gasteiger partial charge is 0.380 e. The number of nitrogens with one attached hydrogen (secondary N) is 1. The maximum absolute atomic E-state index is 5.55. The molecular formula is C15H23NO. The number of rotatable bonds is 7. The van der Waals surface area contributed by atoms with E-state index in [1.807, 2.05) is 0 Å². The van der Waals surface area contributed by atoms with Gasteiger partial charge in [-0.15, -0.1) is 0 Å². The van der Waals surface area contributed by atoms with Crippen LogP contribution >= 0.6 is 0 Å². The van der Waals surface area contributed by atoms with Crippen molar-refractivity contribution in [1.82, 2.24) is 5.32 Å². The SMILES string of the molecule is CCCCOCCNC1Cc2ccccc2C1. The number of hydrogen-bond donors (Lipinski definition) is 1. The molecular weight excluding hydrogens is 210 g/mol. The fraction of sp³-hybridized carbons (Fsp3) is 0.600. The molecule has 0 heterocycles. The van der Waals surface area contributed by atoms with E-state index in [4.69, 9.17) is 4.74 Å². The van der Waals surface area contributed by atoms with Crippen molar-refractivity contribution in [3.8, 4) is 0 Å². The zero-order chi connectivity index (χ0) is 11.9. The first-order valence-electron chi connectivity index (χ1n) is 6.78. The van der Waals surface area contributed by atoms with Crippen LogP contribution < -0.4 is 5.32 Å². The Morgan fingerprint density at radius 3 is 2.53 bits per heavy atom. The van der Waals surface area contributed by atoms with Crippen molar-refractivity contribution in [3.05, 3.63) is 35.4 Å². The summed E-state index contributed by atoms with van der Waals surface area (Å²) in [4.78, 5) is 0. The molecule has 1 aromatic rings. The van der Waals surface area contributed by atoms with Crippen LogP contribution in [0.25, 0.3) is 0 Å². The molecule has 1 N–H and O–H groups in total. The van der Waals surface area contributed by atoms with Gasteiger partial charge in [-0.05, 0) is 30.4 Å². The van der Waals surface area contributed by atoms with Crippen molar-refractivity contribution < 1.29 is 4.74 Å². The van der Waals surface area contributed by atoms with Gasteiger partial charge in [0.15, 0.2) is 0 Å². The second kappa shape index (κ2) is 6.77. The molecule has 0 unspecified atom stereocenters. The maximum atomic E-state index is 5.55. The normalized spacial score (nSPS) is 15.1. The predicted octanol–water partition coefficient (Wildman–Crippen LogP) is 2.56. The molecule has 0 saturated heterocycles. The van der Waals surface area contributed by atoms with Crippen molar-refractivity contribution in [1.29, 1.82) is 0 Å². The van der Waals surface area contributed by atoms with Gasteiger partial charge in [0, 0.05) is 19.2 Å². The molecule has 0 atom stereocenters. The molecule has 17 heavy (non-hydrogen) atoms. The van der Waals surface area contributed by atoms with Gasteiger partial charge in [0.1, 0.15) is 0 Å². The van der Waals surface area contributed by atoms with E-state index in [2.05, 4.69) is 36.5 Å². The number of fused-ring (bicyclic) bond motifs is 1. The molecule has 0 radical (unpaired) electrons. The molecule has 0 fully saturated rings. The zero-order valence-corrected chi connectivity index (χ0v) is 10.7. The first-order valence-corrected chi connectivity index (χ1v) is 6.78. The quantitative estimate of drug-likeness (QED) is 0.731. The fourth-order valence-electron chi connectivity index (χ4n) is 2.39. The molecule has 0 amide bonds. The summed E-state index contributed by atoms with van der Waals surface area (Å²) in [6.07, 6.45) is 4.73. The van der Waals surface area contributed by atoms with Crippen molar-refractivity contribution >= 4 is 0 Å². The van der Waals surface area contributed by atoms with Gasteiger partial charge in [-0.3, -0.25) is 0 Å². The summed E-state index contributed by atoms with van der Waals surface area (Å²) < 4.78 is 5.55. The summed E-state index contributed by atoms with van der Waals surface area (Å²) in [5.41, 5.74) is 3.02. The minimum atomic E-state index is 0.613. The van der Waals surface area contributed by atoms with Crippen LogP contribution in [-0.2, 0) is 17.6 Å². The second-order valence-electron chi connectivity index (χ2n) is 4.79. The molecule has 1 aliphatic rings. The highest BCUT2D eigenvalue weighted by Gasteiger charge is 2.19. The van der Waals surface area contributed by atoms with Crippen molar-refractivity contribution in [2.24, 2.45) is 0 Å². The molecule has 0 aromatic heterocycles. The lowest BCUT2D eigenvalue weighted by Crippen LogP contribution is -2.32. The topological polar surface area (TPSA) is 21.3 Å². The molecule has 0 aliphatic heterocycles. The third-order valence-corrected chi connectivity index (χ3v) is 3.37. The fourth-order valence-corrected chi connectivity index (χ4v) is 2.39. The third kappa shape index (κ3) is 3.83. The van der Waals surface area contributed by atoms with Crippen LogP contribution in [0.2, 0.25) is 0 Å². The van der Waals surface area contributed by atoms with E-state index in [1.165, 1.54) is 36.8 Å². The van der Waals surface area contributed by atoms with Gasteiger partial charge in [-0.2, -0.15) is 0 Å². The van der Waals surface area contributed by atoms with Gasteiger partial charge < -0.3 is 10.1 Å². The lowest BCUT2D eigenvalue weighted by atomic mass is 10.1. The minimum absolute atomic E-state index is 0.613. The number of hydrogen-bond acceptors (Lipinski definition) is 2. The first kappa shape index (κ1) is 12.6. The van der Waals surface area contributed by atoms with Gasteiger partial charge in [-0.25, -0.2) is 0 Å². The highest BCUT2D eigenvalue weighted by molar-refractivity contribution is 5.33. The van der Waals surface area contributed by atoms with Gasteiger partial charge in [-0.1, -0.05) is 37.6 Å². The smallest absolute Gasteiger partial charge is 0.0591 e. The molecule has 94 valence electrons. The van der Waals surface area contributed by atoms with E-state index in [-0.39, 0.29) is 0 Å². The summed E-state index contributed by atoms with van der Waals surface area (Å²) in [5.74, 6) is 0. The molecule has 0 bridgehead atoms. The Morgan fingerprint density at radius 1 is 1.18 bits per heavy atom. The van der Waals surface area contributed by atoms with Crippen LogP contribution in [0, 0.1) is 0 Å². The van der Waals surface area contributed by atoms with E-state index >= 15 is 0 Å². The molecule has 0 spiro atoms. The third-order valence-electron chi connectivity index (χ3n) is 3.37. The number of ether oxygens (including phenoxy) is 1. The predicted molar refractivity (Wildman–Crippen MR) is 71.4 cm³/mol. The van der Waals surface area contributed by atoms with Gasteiger partial charge in [0.05, 0.1) is 6.61 Å². The van der Waals surface area contributed by atoms with Crippen LogP contribution in [-0.4, -0.2) is 25.8 Å². The lowest BCUT2D eigenvalue weighted by Gasteiger charge is -2.11. The van der Waals surface area contributed by atoms with E-state index in [0.717, 1.165) is 19.8 Å². The summed E-state index contributed by atoms with van der Waals surface area (Å²) in [5, 5.41) is 3.58. The monoisotopic (exact) mass is 233 g/mol. The standard InChI is InChI=1S/C15H23NO/c1-2-3-9-17-10-8-16-15-11-13-6-4-5-7-14(13)12-15/h4-7,15-16H,2-3,8-12H2,1H3. The highest BCUT2D eigenvalue weighted by Crippen LogP contribution is 2.21. The molecule has 0 saturated carbocycles. The van der Waals surface area contributed by atoms with E-state index in [1.54, 1.807) is 0 Å². The summed E-state index contributed by atoms with van der Waals surface area (Å²) in [6.45, 7) is 4.91. The highest BCUT2D eigenvalue weighted by atomic mass is 16.5. The van der Waals surface area contributed by atoms with Crippen molar-refractivity contribution in [2.45, 2.75) is 38.6 Å². The van der Waals surface area contributed by atoms with Gasteiger partial charge in [0.2, 0.25) is 0 Å². The average Bonchev–Trinajstić information content (AvgIpc) is 2.76. The van der Waals surface area contributed by atoms with Gasteiger partial charge in [0.25, 0.3) is 0 Å². The molecule has 1 aromatic carbocycles. The summed E-state index contributed by atoms with van der Waals surface area (Å²) in [6, 6.07) is 9.37. The summed E-state index contributed by atoms with van der Waals surface area (Å²) in [7, 11) is 0. The average molecular weight is 233 g/mol. The van der Waals surface area contributed by atoms with E-state index < -0.39 is 0 Å². The second-order valence-corrected chi connectivity index (χ2v) is 4.79. The Kier molecular flexibility index (Phi) is 5.02. The summed E-state index contributed by atoms with van der Waals surface area (Å²) >= 11 is 0. The molecule has 2 heteroatoms. The lowest BCUT2D eigenvalue weighted by molar-refractivity contribution is 0.131. The molecule has 2 rings (SSSR count). The Balaban J connectivity index is 1.60. The Hall–Kier alpha value is -0.860. The Bertz CT molecular complexity index is 312. The first-order chi connectivity index (χ1) is 8.40. The van der Waals surface area contributed by atoms with Crippen LogP contribution in [0.1, 0.15) is 30.9 Å². The van der Waals surface area contributed by atoms with Gasteiger partial charge >= 0.3 is 0 Å². The van der Waals surface area contributed by atoms with Crippen molar-refractivity contribution in [2.75, 3.05) is 19.8 Å². The van der Waals surface area contributed by atoms with Crippen LogP contribution in [0.3, 0.4) is 0 Å². The Labute approximate surface area is 104 Å². The van der Waals surface area contributed by atoms with Crippen LogP contribution in [0.15, 0.2) is 24.3 Å². The number of unbranched alkanes of at least 4 members (excludes halogenated alkanes) is 1. The van der Waals surface area contributed by atoms with Crippen LogP contribution in [0.5, 0.6) is 0 Å². The van der Waals surface area contributed by atoms with E-state index in [9.17, 15) is 0 Å². The van der Waals surface area contributed by atoms with Crippen molar-refractivity contribution in [3.63, 3.8) is 0 Å². The Morgan fingerprint density at radius 2 is 1.88 bits per heavy atom. The minimum Gasteiger partial charge on any atom is -0.380 e. The maximum Gasteiger partial charge on any atom is 0.0591 e. The van der Waals surface area contributed by atoms with Crippen LogP contribution in [0.4, 0.5) is 0 Å². The van der Waals surface area contributed by atoms with E-state index in [0.29, 0.717) is 6.04 Å². The molecule has 2 nitrogen and oxygen atoms in total. The number of benzene rings is 1. The molecule has 1 aliphatic carbocycles.